The number of rotatable bonds is 3. The zero-order valence-electron chi connectivity index (χ0n) is 10.3. The molecule has 2 aliphatic rings. The maximum atomic E-state index is 11.5. The number of sulfone groups is 1. The lowest BCUT2D eigenvalue weighted by Crippen LogP contribution is -2.42. The molecule has 1 aliphatic carbocycles. The summed E-state index contributed by atoms with van der Waals surface area (Å²) in [4.78, 5) is 4.13. The first kappa shape index (κ1) is 12.7. The molecule has 1 heterocycles. The molecule has 0 bridgehead atoms. The van der Waals surface area contributed by atoms with E-state index in [0.29, 0.717) is 24.1 Å². The summed E-state index contributed by atoms with van der Waals surface area (Å²) in [6, 6.07) is 0.566. The molecule has 2 N–H and O–H groups in total. The molecule has 0 radical (unpaired) electrons. The summed E-state index contributed by atoms with van der Waals surface area (Å²) in [6.07, 6.45) is 4.20. The van der Waals surface area contributed by atoms with Crippen molar-refractivity contribution in [2.45, 2.75) is 31.7 Å². The highest BCUT2D eigenvalue weighted by atomic mass is 32.2. The van der Waals surface area contributed by atoms with E-state index in [0.717, 1.165) is 18.8 Å². The zero-order chi connectivity index (χ0) is 12.3. The molecule has 2 rings (SSSR count). The van der Waals surface area contributed by atoms with Gasteiger partial charge in [-0.3, -0.25) is 4.99 Å². The Labute approximate surface area is 103 Å². The number of hydrogen-bond donors (Lipinski definition) is 2. The lowest BCUT2D eigenvalue weighted by Gasteiger charge is -2.23. The molecular formula is C11H21N3O2S. The minimum atomic E-state index is -2.80. The average Bonchev–Trinajstić information content (AvgIpc) is 3.06. The van der Waals surface area contributed by atoms with E-state index in [1.807, 2.05) is 0 Å². The van der Waals surface area contributed by atoms with Gasteiger partial charge in [0.25, 0.3) is 0 Å². The third-order valence-electron chi connectivity index (χ3n) is 3.26. The SMILES string of the molecule is CN=C(NCC1CCCS(=O)(=O)C1)NC1CC1. The van der Waals surface area contributed by atoms with E-state index in [2.05, 4.69) is 15.6 Å². The Hall–Kier alpha value is -0.780. The fourth-order valence-electron chi connectivity index (χ4n) is 2.14. The Balaban J connectivity index is 1.76. The summed E-state index contributed by atoms with van der Waals surface area (Å²) >= 11 is 0. The predicted molar refractivity (Wildman–Crippen MR) is 68.9 cm³/mol. The van der Waals surface area contributed by atoms with Gasteiger partial charge in [-0.2, -0.15) is 0 Å². The minimum absolute atomic E-state index is 0.228. The molecule has 2 fully saturated rings. The lowest BCUT2D eigenvalue weighted by atomic mass is 10.1. The minimum Gasteiger partial charge on any atom is -0.356 e. The van der Waals surface area contributed by atoms with Gasteiger partial charge >= 0.3 is 0 Å². The van der Waals surface area contributed by atoms with Crippen LogP contribution < -0.4 is 10.6 Å². The van der Waals surface area contributed by atoms with E-state index in [1.54, 1.807) is 7.05 Å². The Morgan fingerprint density at radius 2 is 2.12 bits per heavy atom. The molecule has 0 aromatic carbocycles. The summed E-state index contributed by atoms with van der Waals surface area (Å²) in [5.74, 6) is 1.71. The van der Waals surface area contributed by atoms with E-state index in [1.165, 1.54) is 12.8 Å². The van der Waals surface area contributed by atoms with Crippen molar-refractivity contribution < 1.29 is 8.42 Å². The van der Waals surface area contributed by atoms with Gasteiger partial charge in [0.2, 0.25) is 0 Å². The largest absolute Gasteiger partial charge is 0.356 e. The second-order valence-corrected chi connectivity index (χ2v) is 7.22. The van der Waals surface area contributed by atoms with Crippen molar-refractivity contribution in [1.29, 1.82) is 0 Å². The van der Waals surface area contributed by atoms with Crippen LogP contribution in [0.25, 0.3) is 0 Å². The third-order valence-corrected chi connectivity index (χ3v) is 5.15. The van der Waals surface area contributed by atoms with Crippen molar-refractivity contribution in [3.63, 3.8) is 0 Å². The van der Waals surface area contributed by atoms with E-state index >= 15 is 0 Å². The van der Waals surface area contributed by atoms with Crippen LogP contribution in [0.5, 0.6) is 0 Å². The molecule has 17 heavy (non-hydrogen) atoms. The molecule has 1 aliphatic heterocycles. The first-order chi connectivity index (χ1) is 8.09. The molecule has 1 saturated carbocycles. The van der Waals surface area contributed by atoms with Crippen molar-refractivity contribution in [3.05, 3.63) is 0 Å². The second-order valence-electron chi connectivity index (χ2n) is 4.99. The summed E-state index contributed by atoms with van der Waals surface area (Å²) < 4.78 is 23.0. The standard InChI is InChI=1S/C11H21N3O2S/c1-12-11(14-10-4-5-10)13-7-9-3-2-6-17(15,16)8-9/h9-10H,2-8H2,1H3,(H2,12,13,14). The first-order valence-corrected chi connectivity index (χ1v) is 8.09. The van der Waals surface area contributed by atoms with Crippen molar-refractivity contribution >= 4 is 15.8 Å². The highest BCUT2D eigenvalue weighted by molar-refractivity contribution is 7.91. The maximum absolute atomic E-state index is 11.5. The quantitative estimate of drug-likeness (QED) is 0.559. The Morgan fingerprint density at radius 1 is 1.35 bits per heavy atom. The molecule has 1 atom stereocenters. The molecule has 6 heteroatoms. The molecule has 1 unspecified atom stereocenters. The van der Waals surface area contributed by atoms with Gasteiger partial charge in [0.15, 0.2) is 15.8 Å². The van der Waals surface area contributed by atoms with Gasteiger partial charge in [0.05, 0.1) is 11.5 Å². The molecule has 0 aromatic rings. The molecule has 1 saturated heterocycles. The van der Waals surface area contributed by atoms with Crippen LogP contribution in [-0.2, 0) is 9.84 Å². The van der Waals surface area contributed by atoms with Crippen LogP contribution in [0, 0.1) is 5.92 Å². The summed E-state index contributed by atoms with van der Waals surface area (Å²) in [5, 5.41) is 6.51. The summed E-state index contributed by atoms with van der Waals surface area (Å²) in [5.41, 5.74) is 0. The fraction of sp³-hybridized carbons (Fsp3) is 0.909. The van der Waals surface area contributed by atoms with Crippen molar-refractivity contribution in [1.82, 2.24) is 10.6 Å². The normalized spacial score (nSPS) is 28.8. The molecular weight excluding hydrogens is 238 g/mol. The van der Waals surface area contributed by atoms with Gasteiger partial charge in [-0.15, -0.1) is 0 Å². The monoisotopic (exact) mass is 259 g/mol. The number of aliphatic imine (C=N–C) groups is 1. The van der Waals surface area contributed by atoms with Gasteiger partial charge in [-0.1, -0.05) is 0 Å². The van der Waals surface area contributed by atoms with E-state index in [4.69, 9.17) is 0 Å². The number of guanidine groups is 1. The molecule has 98 valence electrons. The van der Waals surface area contributed by atoms with Crippen LogP contribution in [0.1, 0.15) is 25.7 Å². The fourth-order valence-corrected chi connectivity index (χ4v) is 3.91. The van der Waals surface area contributed by atoms with Crippen molar-refractivity contribution in [2.75, 3.05) is 25.1 Å². The Bertz CT molecular complexity index is 388. The van der Waals surface area contributed by atoms with E-state index in [9.17, 15) is 8.42 Å². The summed E-state index contributed by atoms with van der Waals surface area (Å²) in [7, 11) is -1.05. The van der Waals surface area contributed by atoms with Crippen LogP contribution in [-0.4, -0.2) is 45.5 Å². The Kier molecular flexibility index (Phi) is 3.91. The number of nitrogens with one attached hydrogen (secondary N) is 2. The van der Waals surface area contributed by atoms with Crippen LogP contribution in [0.15, 0.2) is 4.99 Å². The van der Waals surface area contributed by atoms with Gasteiger partial charge in [-0.25, -0.2) is 8.42 Å². The van der Waals surface area contributed by atoms with Gasteiger partial charge in [0.1, 0.15) is 0 Å². The highest BCUT2D eigenvalue weighted by Crippen LogP contribution is 2.19. The lowest BCUT2D eigenvalue weighted by molar-refractivity contribution is 0.477. The highest BCUT2D eigenvalue weighted by Gasteiger charge is 2.26. The smallest absolute Gasteiger partial charge is 0.191 e. The van der Waals surface area contributed by atoms with E-state index < -0.39 is 9.84 Å². The summed E-state index contributed by atoms with van der Waals surface area (Å²) in [6.45, 7) is 0.700. The maximum Gasteiger partial charge on any atom is 0.191 e. The number of nitrogens with zero attached hydrogens (tertiary/aromatic N) is 1. The molecule has 0 spiro atoms. The van der Waals surface area contributed by atoms with Crippen molar-refractivity contribution in [3.8, 4) is 0 Å². The van der Waals surface area contributed by atoms with Crippen LogP contribution in [0.2, 0.25) is 0 Å². The zero-order valence-corrected chi connectivity index (χ0v) is 11.1. The van der Waals surface area contributed by atoms with Crippen molar-refractivity contribution in [2.24, 2.45) is 10.9 Å². The van der Waals surface area contributed by atoms with Gasteiger partial charge < -0.3 is 10.6 Å². The molecule has 5 nitrogen and oxygen atoms in total. The predicted octanol–water partition coefficient (Wildman–Crippen LogP) is 0.139. The van der Waals surface area contributed by atoms with E-state index in [-0.39, 0.29) is 5.92 Å². The second kappa shape index (κ2) is 5.25. The third kappa shape index (κ3) is 4.18. The van der Waals surface area contributed by atoms with Crippen LogP contribution in [0.3, 0.4) is 0 Å². The average molecular weight is 259 g/mol. The Morgan fingerprint density at radius 3 is 2.71 bits per heavy atom. The number of hydrogen-bond acceptors (Lipinski definition) is 3. The van der Waals surface area contributed by atoms with Crippen LogP contribution in [0.4, 0.5) is 0 Å². The van der Waals surface area contributed by atoms with Gasteiger partial charge in [0, 0.05) is 19.6 Å². The van der Waals surface area contributed by atoms with Gasteiger partial charge in [-0.05, 0) is 31.6 Å². The molecule has 0 amide bonds. The molecule has 0 aromatic heterocycles. The van der Waals surface area contributed by atoms with Crippen LogP contribution >= 0.6 is 0 Å². The topological polar surface area (TPSA) is 70.6 Å². The first-order valence-electron chi connectivity index (χ1n) is 6.26.